The van der Waals surface area contributed by atoms with Crippen LogP contribution in [0.25, 0.3) is 11.0 Å². The van der Waals surface area contributed by atoms with Crippen LogP contribution in [0.1, 0.15) is 29.6 Å². The second kappa shape index (κ2) is 7.21. The third-order valence-electron chi connectivity index (χ3n) is 4.25. The van der Waals surface area contributed by atoms with Gasteiger partial charge in [-0.15, -0.1) is 0 Å². The first-order valence-electron chi connectivity index (χ1n) is 7.93. The normalized spacial score (nSPS) is 13.3. The molecule has 0 saturated heterocycles. The van der Waals surface area contributed by atoms with Gasteiger partial charge in [0.2, 0.25) is 0 Å². The minimum Gasteiger partial charge on any atom is -0.481 e. The van der Waals surface area contributed by atoms with Gasteiger partial charge in [0, 0.05) is 11.3 Å². The number of carbonyl (C=O) groups is 2. The van der Waals surface area contributed by atoms with Crippen molar-refractivity contribution in [2.24, 2.45) is 0 Å². The molecule has 128 valence electrons. The largest absolute Gasteiger partial charge is 0.481 e. The van der Waals surface area contributed by atoms with E-state index in [-0.39, 0.29) is 6.42 Å². The van der Waals surface area contributed by atoms with Crippen molar-refractivity contribution in [3.63, 3.8) is 0 Å². The number of methoxy groups -OCH3 is 1. The molecule has 0 aliphatic heterocycles. The summed E-state index contributed by atoms with van der Waals surface area (Å²) in [5.41, 5.74) is 1.27. The first kappa shape index (κ1) is 16.8. The Hall–Kier alpha value is -3.08. The van der Waals surface area contributed by atoms with E-state index < -0.39 is 23.8 Å². The van der Waals surface area contributed by atoms with Crippen molar-refractivity contribution in [3.05, 3.63) is 72.0 Å². The number of aliphatic carboxylic acids is 1. The van der Waals surface area contributed by atoms with Gasteiger partial charge in [-0.25, -0.2) is 0 Å². The molecule has 0 radical (unpaired) electrons. The van der Waals surface area contributed by atoms with Crippen LogP contribution < -0.4 is 0 Å². The summed E-state index contributed by atoms with van der Waals surface area (Å²) >= 11 is 0. The van der Waals surface area contributed by atoms with Crippen molar-refractivity contribution in [2.75, 3.05) is 7.11 Å². The van der Waals surface area contributed by atoms with Gasteiger partial charge in [-0.1, -0.05) is 48.5 Å². The Labute approximate surface area is 144 Å². The van der Waals surface area contributed by atoms with E-state index in [9.17, 15) is 14.7 Å². The van der Waals surface area contributed by atoms with E-state index in [4.69, 9.17) is 9.15 Å². The number of carboxylic acids is 1. The summed E-state index contributed by atoms with van der Waals surface area (Å²) in [7, 11) is 1.29. The lowest BCUT2D eigenvalue weighted by atomic mass is 9.82. The van der Waals surface area contributed by atoms with Gasteiger partial charge in [-0.3, -0.25) is 9.59 Å². The van der Waals surface area contributed by atoms with Crippen LogP contribution in [0, 0.1) is 0 Å². The Morgan fingerprint density at radius 2 is 1.76 bits per heavy atom. The van der Waals surface area contributed by atoms with Crippen LogP contribution in [0.3, 0.4) is 0 Å². The molecule has 0 bridgehead atoms. The smallest absolute Gasteiger partial charge is 0.311 e. The molecule has 2 aromatic carbocycles. The Morgan fingerprint density at radius 1 is 1.08 bits per heavy atom. The molecule has 2 atom stereocenters. The van der Waals surface area contributed by atoms with Gasteiger partial charge in [0.1, 0.15) is 11.3 Å². The lowest BCUT2D eigenvalue weighted by molar-refractivity contribution is -0.143. The number of ether oxygens (including phenoxy) is 1. The maximum atomic E-state index is 12.0. The predicted octanol–water partition coefficient (Wildman–Crippen LogP) is 3.95. The minimum absolute atomic E-state index is 0.0812. The summed E-state index contributed by atoms with van der Waals surface area (Å²) in [6.45, 7) is 0. The third kappa shape index (κ3) is 3.55. The van der Waals surface area contributed by atoms with Crippen LogP contribution in [0.4, 0.5) is 0 Å². The van der Waals surface area contributed by atoms with E-state index in [1.54, 1.807) is 30.3 Å². The van der Waals surface area contributed by atoms with Crippen molar-refractivity contribution in [3.8, 4) is 0 Å². The Bertz CT molecular complexity index is 848. The zero-order valence-corrected chi connectivity index (χ0v) is 13.7. The summed E-state index contributed by atoms with van der Waals surface area (Å²) in [6, 6.07) is 18.1. The molecule has 5 nitrogen and oxygen atoms in total. The number of rotatable bonds is 6. The van der Waals surface area contributed by atoms with Crippen LogP contribution in [0.15, 0.2) is 65.1 Å². The summed E-state index contributed by atoms with van der Waals surface area (Å²) in [6.07, 6.45) is -0.0812. The van der Waals surface area contributed by atoms with E-state index in [1.165, 1.54) is 7.11 Å². The third-order valence-corrected chi connectivity index (χ3v) is 4.25. The zero-order chi connectivity index (χ0) is 17.8. The van der Waals surface area contributed by atoms with Crippen molar-refractivity contribution in [1.29, 1.82) is 0 Å². The number of carboxylic acid groups (broad SMARTS) is 1. The summed E-state index contributed by atoms with van der Waals surface area (Å²) in [4.78, 5) is 23.9. The Kier molecular flexibility index (Phi) is 4.84. The maximum Gasteiger partial charge on any atom is 0.311 e. The van der Waals surface area contributed by atoms with E-state index in [2.05, 4.69) is 0 Å². The van der Waals surface area contributed by atoms with Gasteiger partial charge in [0.25, 0.3) is 0 Å². The molecule has 25 heavy (non-hydrogen) atoms. The van der Waals surface area contributed by atoms with Crippen LogP contribution in [-0.2, 0) is 14.3 Å². The fraction of sp³-hybridized carbons (Fsp3) is 0.200. The number of hydrogen-bond acceptors (Lipinski definition) is 4. The molecule has 0 aliphatic rings. The minimum atomic E-state index is -1.01. The number of hydrogen-bond donors (Lipinski definition) is 1. The summed E-state index contributed by atoms with van der Waals surface area (Å²) < 4.78 is 10.6. The lowest BCUT2D eigenvalue weighted by Gasteiger charge is -2.21. The molecule has 0 spiro atoms. The molecule has 5 heteroatoms. The van der Waals surface area contributed by atoms with Crippen molar-refractivity contribution in [1.82, 2.24) is 0 Å². The molecule has 1 N–H and O–H groups in total. The van der Waals surface area contributed by atoms with Gasteiger partial charge in [-0.2, -0.15) is 0 Å². The summed E-state index contributed by atoms with van der Waals surface area (Å²) in [5.74, 6) is -2.61. The molecule has 0 unspecified atom stereocenters. The van der Waals surface area contributed by atoms with Crippen molar-refractivity contribution < 1.29 is 23.8 Å². The SMILES string of the molecule is COC(=O)C[C@@H](c1cc2ccccc2o1)[C@H](C(=O)O)c1ccccc1. The summed E-state index contributed by atoms with van der Waals surface area (Å²) in [5, 5.41) is 10.7. The highest BCUT2D eigenvalue weighted by molar-refractivity contribution is 5.82. The topological polar surface area (TPSA) is 76.7 Å². The van der Waals surface area contributed by atoms with Gasteiger partial charge in [0.05, 0.1) is 19.4 Å². The van der Waals surface area contributed by atoms with E-state index in [0.29, 0.717) is 16.9 Å². The highest BCUT2D eigenvalue weighted by Gasteiger charge is 2.35. The van der Waals surface area contributed by atoms with Crippen LogP contribution in [0.2, 0.25) is 0 Å². The molecular formula is C20H18O5. The number of para-hydroxylation sites is 1. The number of esters is 1. The predicted molar refractivity (Wildman–Crippen MR) is 92.4 cm³/mol. The highest BCUT2D eigenvalue weighted by Crippen LogP contribution is 2.38. The van der Waals surface area contributed by atoms with Crippen LogP contribution in [-0.4, -0.2) is 24.2 Å². The molecule has 1 heterocycles. The first-order chi connectivity index (χ1) is 12.1. The number of fused-ring (bicyclic) bond motifs is 1. The lowest BCUT2D eigenvalue weighted by Crippen LogP contribution is -2.22. The van der Waals surface area contributed by atoms with E-state index in [0.717, 1.165) is 5.39 Å². The molecule has 3 rings (SSSR count). The second-order valence-corrected chi connectivity index (χ2v) is 5.80. The highest BCUT2D eigenvalue weighted by atomic mass is 16.5. The van der Waals surface area contributed by atoms with E-state index in [1.807, 2.05) is 30.3 Å². The van der Waals surface area contributed by atoms with Crippen LogP contribution in [0.5, 0.6) is 0 Å². The molecule has 0 fully saturated rings. The number of carbonyl (C=O) groups excluding carboxylic acids is 1. The maximum absolute atomic E-state index is 12.0. The fourth-order valence-corrected chi connectivity index (χ4v) is 3.04. The van der Waals surface area contributed by atoms with Crippen molar-refractivity contribution in [2.45, 2.75) is 18.3 Å². The molecule has 0 amide bonds. The van der Waals surface area contributed by atoms with Gasteiger partial charge in [0.15, 0.2) is 0 Å². The standard InChI is InChI=1S/C20H18O5/c1-24-18(21)12-15(17-11-14-9-5-6-10-16(14)25-17)19(20(22)23)13-7-3-2-4-8-13/h2-11,15,19H,12H2,1H3,(H,22,23)/t15-,19+/m0/s1. The van der Waals surface area contributed by atoms with Crippen molar-refractivity contribution >= 4 is 22.9 Å². The average Bonchev–Trinajstić information content (AvgIpc) is 3.05. The Balaban J connectivity index is 2.09. The number of benzene rings is 2. The first-order valence-corrected chi connectivity index (χ1v) is 7.93. The second-order valence-electron chi connectivity index (χ2n) is 5.80. The molecule has 0 aliphatic carbocycles. The van der Waals surface area contributed by atoms with Gasteiger partial charge in [-0.05, 0) is 17.7 Å². The average molecular weight is 338 g/mol. The zero-order valence-electron chi connectivity index (χ0n) is 13.7. The monoisotopic (exact) mass is 338 g/mol. The molecular weight excluding hydrogens is 320 g/mol. The van der Waals surface area contributed by atoms with Crippen LogP contribution >= 0.6 is 0 Å². The molecule has 1 aromatic heterocycles. The Morgan fingerprint density at radius 3 is 2.40 bits per heavy atom. The molecule has 3 aromatic rings. The quantitative estimate of drug-likeness (QED) is 0.689. The fourth-order valence-electron chi connectivity index (χ4n) is 3.04. The van der Waals surface area contributed by atoms with Gasteiger partial charge >= 0.3 is 11.9 Å². The number of furan rings is 1. The molecule has 0 saturated carbocycles. The van der Waals surface area contributed by atoms with Gasteiger partial charge < -0.3 is 14.3 Å². The van der Waals surface area contributed by atoms with E-state index >= 15 is 0 Å².